The van der Waals surface area contributed by atoms with E-state index in [1.54, 1.807) is 0 Å². The molecule has 0 aliphatic carbocycles. The molecular weight excluding hydrogens is 365 g/mol. The molecule has 0 atom stereocenters. The maximum absolute atomic E-state index is 9.00. The molecule has 0 radical (unpaired) electrons. The summed E-state index contributed by atoms with van der Waals surface area (Å²) >= 11 is 0. The average molecular weight is 409 g/mol. The number of hydrogen-bond donors (Lipinski definition) is 3. The quantitative estimate of drug-likeness (QED) is 0.216. The first-order chi connectivity index (χ1) is 11.1. The van der Waals surface area contributed by atoms with E-state index >= 15 is 0 Å². The van der Waals surface area contributed by atoms with Gasteiger partial charge in [0.15, 0.2) is 0 Å². The molecule has 0 spiro atoms. The summed E-state index contributed by atoms with van der Waals surface area (Å²) in [6.45, 7) is 3.14. The van der Waals surface area contributed by atoms with Crippen molar-refractivity contribution in [3.8, 4) is 0 Å². The van der Waals surface area contributed by atoms with Crippen LogP contribution in [0.1, 0.15) is 96.8 Å². The molecule has 0 aromatic heterocycles. The summed E-state index contributed by atoms with van der Waals surface area (Å²) in [7, 11) is 0. The number of primary amides is 2. The number of urea groups is 1. The van der Waals surface area contributed by atoms with Crippen molar-refractivity contribution >= 4 is 23.1 Å². The first-order valence-electron chi connectivity index (χ1n) is 9.55. The average Bonchev–Trinajstić information content (AvgIpc) is 2.50. The molecule has 0 saturated carbocycles. The van der Waals surface area contributed by atoms with Crippen molar-refractivity contribution in [1.82, 2.24) is 0 Å². The number of allylic oxidation sites excluding steroid dienone is 2. The molecular formula is C19H43N3OSe. The zero-order valence-corrected chi connectivity index (χ0v) is 18.0. The summed E-state index contributed by atoms with van der Waals surface area (Å²) < 4.78 is 0. The number of amides is 2. The second-order valence-electron chi connectivity index (χ2n) is 6.13. The van der Waals surface area contributed by atoms with Gasteiger partial charge in [-0.15, -0.1) is 0 Å². The summed E-state index contributed by atoms with van der Waals surface area (Å²) in [4.78, 5) is 9.00. The Morgan fingerprint density at radius 3 is 1.42 bits per heavy atom. The van der Waals surface area contributed by atoms with Gasteiger partial charge in [-0.1, -0.05) is 76.9 Å². The van der Waals surface area contributed by atoms with Crippen LogP contribution < -0.4 is 17.2 Å². The second kappa shape index (κ2) is 27.3. The van der Waals surface area contributed by atoms with Crippen LogP contribution in [0.15, 0.2) is 12.2 Å². The van der Waals surface area contributed by atoms with E-state index in [2.05, 4.69) is 30.5 Å². The van der Waals surface area contributed by atoms with E-state index < -0.39 is 6.03 Å². The van der Waals surface area contributed by atoms with E-state index in [1.165, 1.54) is 89.9 Å². The molecule has 0 unspecified atom stereocenters. The van der Waals surface area contributed by atoms with Crippen LogP contribution in [0.5, 0.6) is 0 Å². The predicted octanol–water partition coefficient (Wildman–Crippen LogP) is 4.09. The van der Waals surface area contributed by atoms with E-state index in [9.17, 15) is 0 Å². The topological polar surface area (TPSA) is 95.1 Å². The van der Waals surface area contributed by atoms with Gasteiger partial charge >= 0.3 is 23.1 Å². The van der Waals surface area contributed by atoms with E-state index in [-0.39, 0.29) is 17.1 Å². The maximum atomic E-state index is 9.00. The molecule has 146 valence electrons. The summed E-state index contributed by atoms with van der Waals surface area (Å²) in [5.74, 6) is 0. The first-order valence-corrected chi connectivity index (χ1v) is 9.55. The van der Waals surface area contributed by atoms with Crippen molar-refractivity contribution in [2.45, 2.75) is 96.8 Å². The van der Waals surface area contributed by atoms with E-state index in [0.717, 1.165) is 6.54 Å². The monoisotopic (exact) mass is 409 g/mol. The third kappa shape index (κ3) is 37.6. The molecule has 2 amide bonds. The molecule has 5 heteroatoms. The van der Waals surface area contributed by atoms with Gasteiger partial charge in [-0.05, 0) is 38.6 Å². The minimum absolute atomic E-state index is 0. The fourth-order valence-electron chi connectivity index (χ4n) is 2.39. The molecule has 0 aliphatic heterocycles. The van der Waals surface area contributed by atoms with Gasteiger partial charge in [0.2, 0.25) is 0 Å². The van der Waals surface area contributed by atoms with Crippen molar-refractivity contribution in [2.75, 3.05) is 6.54 Å². The summed E-state index contributed by atoms with van der Waals surface area (Å²) in [5.41, 5.74) is 14.0. The zero-order valence-electron chi connectivity index (χ0n) is 15.9. The van der Waals surface area contributed by atoms with Crippen LogP contribution in [0.2, 0.25) is 0 Å². The van der Waals surface area contributed by atoms with Gasteiger partial charge in [0.05, 0.1) is 0 Å². The van der Waals surface area contributed by atoms with Gasteiger partial charge in [0.1, 0.15) is 0 Å². The van der Waals surface area contributed by atoms with Crippen LogP contribution in [-0.4, -0.2) is 29.6 Å². The van der Waals surface area contributed by atoms with Crippen LogP contribution in [-0.2, 0) is 0 Å². The number of nitrogens with two attached hydrogens (primary N) is 3. The zero-order chi connectivity index (χ0) is 17.6. The van der Waals surface area contributed by atoms with Gasteiger partial charge < -0.3 is 17.2 Å². The Bertz CT molecular complexity index is 257. The number of carbonyl (C=O) groups is 1. The number of hydrogen-bond acceptors (Lipinski definition) is 2. The van der Waals surface area contributed by atoms with Crippen molar-refractivity contribution in [1.29, 1.82) is 0 Å². The van der Waals surface area contributed by atoms with Crippen molar-refractivity contribution in [2.24, 2.45) is 17.2 Å². The molecule has 0 rings (SSSR count). The molecule has 0 bridgehead atoms. The standard InChI is InChI=1S/C18H37N.CH4N2O.H2Se/c1-2-3-4-5-6-7-8-9-10-11-12-13-14-15-16-17-18-19;2-1(3)4;/h9-10H,2-8,11-19H2,1H3;(H4,2,3,4);1H2/b10-9-;;. The SMILES string of the molecule is CCCCCCCC/C=C\CCCCCCCCN.NC(N)=O.[SeH2]. The minimum atomic E-state index is -0.833. The third-order valence-electron chi connectivity index (χ3n) is 3.72. The Morgan fingerprint density at radius 2 is 1.04 bits per heavy atom. The molecule has 0 heterocycles. The number of unbranched alkanes of at least 4 members (excludes halogenated alkanes) is 12. The molecule has 0 saturated heterocycles. The molecule has 24 heavy (non-hydrogen) atoms. The van der Waals surface area contributed by atoms with Gasteiger partial charge in [0.25, 0.3) is 0 Å². The number of rotatable bonds is 15. The molecule has 4 nitrogen and oxygen atoms in total. The van der Waals surface area contributed by atoms with Gasteiger partial charge in [-0.25, -0.2) is 4.79 Å². The first kappa shape index (κ1) is 28.3. The van der Waals surface area contributed by atoms with E-state index in [4.69, 9.17) is 10.5 Å². The second-order valence-corrected chi connectivity index (χ2v) is 6.13. The van der Waals surface area contributed by atoms with Crippen LogP contribution in [0.25, 0.3) is 0 Å². The predicted molar refractivity (Wildman–Crippen MR) is 111 cm³/mol. The van der Waals surface area contributed by atoms with Crippen LogP contribution >= 0.6 is 0 Å². The number of carbonyl (C=O) groups excluding carboxylic acids is 1. The Balaban J connectivity index is -0.000000787. The van der Waals surface area contributed by atoms with Crippen molar-refractivity contribution in [3.63, 3.8) is 0 Å². The van der Waals surface area contributed by atoms with Crippen LogP contribution in [0, 0.1) is 0 Å². The van der Waals surface area contributed by atoms with Crippen LogP contribution in [0.4, 0.5) is 4.79 Å². The van der Waals surface area contributed by atoms with Gasteiger partial charge in [0, 0.05) is 0 Å². The Hall–Kier alpha value is -0.511. The van der Waals surface area contributed by atoms with E-state index in [0.29, 0.717) is 0 Å². The molecule has 0 aliphatic rings. The Morgan fingerprint density at radius 1 is 0.708 bits per heavy atom. The molecule has 0 aromatic rings. The van der Waals surface area contributed by atoms with Gasteiger partial charge in [-0.3, -0.25) is 0 Å². The van der Waals surface area contributed by atoms with Crippen molar-refractivity contribution in [3.05, 3.63) is 12.2 Å². The van der Waals surface area contributed by atoms with Crippen LogP contribution in [0.3, 0.4) is 0 Å². The normalized spacial score (nSPS) is 10.1. The summed E-state index contributed by atoms with van der Waals surface area (Å²) in [5, 5.41) is 0. The molecule has 0 fully saturated rings. The molecule has 0 aromatic carbocycles. The third-order valence-corrected chi connectivity index (χ3v) is 3.72. The van der Waals surface area contributed by atoms with E-state index in [1.807, 2.05) is 0 Å². The summed E-state index contributed by atoms with van der Waals surface area (Å²) in [6, 6.07) is -0.833. The fourth-order valence-corrected chi connectivity index (χ4v) is 2.39. The van der Waals surface area contributed by atoms with Gasteiger partial charge in [-0.2, -0.15) is 0 Å². The Kier molecular flexibility index (Phi) is 32.2. The summed E-state index contributed by atoms with van der Waals surface area (Å²) in [6.07, 6.45) is 23.9. The Labute approximate surface area is 160 Å². The molecule has 6 N–H and O–H groups in total. The van der Waals surface area contributed by atoms with Crippen molar-refractivity contribution < 1.29 is 4.79 Å². The fraction of sp³-hybridized carbons (Fsp3) is 0.842.